The van der Waals surface area contributed by atoms with Crippen LogP contribution in [0.15, 0.2) is 0 Å². The van der Waals surface area contributed by atoms with E-state index < -0.39 is 22.3 Å². The van der Waals surface area contributed by atoms with Crippen LogP contribution in [0.5, 0.6) is 0 Å². The molecular weight excluding hydrogens is 318 g/mol. The SMILES string of the molecule is O=S(NOS(=O)C1CCC(O)CC1)OC1CCC(O)CC1. The van der Waals surface area contributed by atoms with Crippen LogP contribution in [0.2, 0.25) is 0 Å². The van der Waals surface area contributed by atoms with E-state index in [4.69, 9.17) is 8.47 Å². The zero-order valence-corrected chi connectivity index (χ0v) is 13.4. The number of nitrogens with one attached hydrogen (secondary N) is 1. The van der Waals surface area contributed by atoms with Crippen molar-refractivity contribution in [2.24, 2.45) is 0 Å². The predicted octanol–water partition coefficient (Wildman–Crippen LogP) is 0.374. The van der Waals surface area contributed by atoms with Crippen molar-refractivity contribution in [2.45, 2.75) is 74.9 Å². The highest BCUT2D eigenvalue weighted by molar-refractivity contribution is 7.82. The summed E-state index contributed by atoms with van der Waals surface area (Å²) < 4.78 is 33.7. The monoisotopic (exact) mass is 341 g/mol. The summed E-state index contributed by atoms with van der Waals surface area (Å²) in [6, 6.07) is 0. The fourth-order valence-electron chi connectivity index (χ4n) is 2.65. The van der Waals surface area contributed by atoms with Crippen molar-refractivity contribution >= 4 is 22.3 Å². The Hall–Kier alpha value is 0.1000. The molecule has 0 heterocycles. The second-order valence-corrected chi connectivity index (χ2v) is 7.80. The minimum atomic E-state index is -1.86. The van der Waals surface area contributed by atoms with Crippen molar-refractivity contribution in [3.63, 3.8) is 0 Å². The van der Waals surface area contributed by atoms with Crippen LogP contribution in [-0.2, 0) is 30.8 Å². The third-order valence-electron chi connectivity index (χ3n) is 3.97. The molecule has 0 amide bonds. The minimum Gasteiger partial charge on any atom is -0.393 e. The Balaban J connectivity index is 1.63. The Morgan fingerprint density at radius 2 is 1.38 bits per heavy atom. The van der Waals surface area contributed by atoms with E-state index in [-0.39, 0.29) is 23.6 Å². The van der Waals surface area contributed by atoms with Gasteiger partial charge in [-0.25, -0.2) is 8.42 Å². The van der Waals surface area contributed by atoms with Crippen molar-refractivity contribution in [3.05, 3.63) is 0 Å². The summed E-state index contributed by atoms with van der Waals surface area (Å²) >= 11 is -3.45. The minimum absolute atomic E-state index is 0.150. The van der Waals surface area contributed by atoms with Crippen LogP contribution in [-0.4, -0.2) is 42.2 Å². The van der Waals surface area contributed by atoms with E-state index in [1.807, 2.05) is 0 Å². The highest BCUT2D eigenvalue weighted by atomic mass is 32.2. The van der Waals surface area contributed by atoms with E-state index in [0.29, 0.717) is 51.4 Å². The number of hydrogen-bond acceptors (Lipinski definition) is 6. The molecule has 0 spiro atoms. The maximum Gasteiger partial charge on any atom is 0.260 e. The molecule has 0 aromatic carbocycles. The smallest absolute Gasteiger partial charge is 0.260 e. The molecule has 7 nitrogen and oxygen atoms in total. The first-order valence-corrected chi connectivity index (χ1v) is 9.54. The van der Waals surface area contributed by atoms with Gasteiger partial charge in [0.15, 0.2) is 11.1 Å². The maximum atomic E-state index is 11.9. The van der Waals surface area contributed by atoms with Gasteiger partial charge in [0.2, 0.25) is 0 Å². The van der Waals surface area contributed by atoms with Crippen LogP contribution >= 0.6 is 0 Å². The second-order valence-electron chi connectivity index (χ2n) is 5.62. The molecule has 0 aromatic heterocycles. The Morgan fingerprint density at radius 1 is 0.857 bits per heavy atom. The molecule has 0 bridgehead atoms. The van der Waals surface area contributed by atoms with Crippen LogP contribution in [0.3, 0.4) is 0 Å². The second kappa shape index (κ2) is 8.66. The lowest BCUT2D eigenvalue weighted by Gasteiger charge is -2.25. The van der Waals surface area contributed by atoms with Gasteiger partial charge in [0.1, 0.15) is 0 Å². The predicted molar refractivity (Wildman–Crippen MR) is 78.1 cm³/mol. The van der Waals surface area contributed by atoms with E-state index in [1.54, 1.807) is 0 Å². The Morgan fingerprint density at radius 3 is 1.95 bits per heavy atom. The Bertz CT molecular complexity index is 367. The number of rotatable bonds is 6. The van der Waals surface area contributed by atoms with Crippen LogP contribution in [0.25, 0.3) is 0 Å². The molecule has 124 valence electrons. The summed E-state index contributed by atoms with van der Waals surface area (Å²) in [6.07, 6.45) is 4.28. The summed E-state index contributed by atoms with van der Waals surface area (Å²) in [5, 5.41) is 18.6. The highest BCUT2D eigenvalue weighted by Gasteiger charge is 2.26. The van der Waals surface area contributed by atoms with E-state index in [9.17, 15) is 18.6 Å². The van der Waals surface area contributed by atoms with Gasteiger partial charge in [-0.05, 0) is 51.4 Å². The van der Waals surface area contributed by atoms with Gasteiger partial charge in [-0.15, -0.1) is 0 Å². The summed E-state index contributed by atoms with van der Waals surface area (Å²) in [6.45, 7) is 0. The van der Waals surface area contributed by atoms with Crippen LogP contribution < -0.4 is 4.89 Å². The number of aliphatic hydroxyl groups is 2. The molecule has 0 radical (unpaired) electrons. The van der Waals surface area contributed by atoms with Crippen molar-refractivity contribution in [3.8, 4) is 0 Å². The van der Waals surface area contributed by atoms with Gasteiger partial charge >= 0.3 is 0 Å². The largest absolute Gasteiger partial charge is 0.393 e. The van der Waals surface area contributed by atoms with Gasteiger partial charge < -0.3 is 10.2 Å². The van der Waals surface area contributed by atoms with Gasteiger partial charge in [0.25, 0.3) is 11.3 Å². The first kappa shape index (κ1) is 17.5. The van der Waals surface area contributed by atoms with Crippen LogP contribution in [0, 0.1) is 0 Å². The Kier molecular flexibility index (Phi) is 7.20. The molecule has 0 saturated heterocycles. The average Bonchev–Trinajstić information content (AvgIpc) is 2.48. The molecule has 3 N–H and O–H groups in total. The summed E-state index contributed by atoms with van der Waals surface area (Å²) in [5.41, 5.74) is 0. The Labute approximate surface area is 129 Å². The molecule has 0 aliphatic heterocycles. The van der Waals surface area contributed by atoms with E-state index in [0.717, 1.165) is 0 Å². The van der Waals surface area contributed by atoms with Crippen molar-refractivity contribution in [1.82, 2.24) is 4.89 Å². The lowest BCUT2D eigenvalue weighted by molar-refractivity contribution is 0.0700. The first-order valence-electron chi connectivity index (χ1n) is 7.33. The third kappa shape index (κ3) is 6.01. The normalized spacial score (nSPS) is 37.0. The highest BCUT2D eigenvalue weighted by Crippen LogP contribution is 2.23. The molecule has 2 fully saturated rings. The van der Waals surface area contributed by atoms with Gasteiger partial charge in [0, 0.05) is 0 Å². The fraction of sp³-hybridized carbons (Fsp3) is 1.00. The van der Waals surface area contributed by atoms with Gasteiger partial charge in [-0.3, -0.25) is 4.18 Å². The average molecular weight is 341 g/mol. The van der Waals surface area contributed by atoms with Crippen LogP contribution in [0.1, 0.15) is 51.4 Å². The molecule has 2 unspecified atom stereocenters. The van der Waals surface area contributed by atoms with Crippen molar-refractivity contribution in [1.29, 1.82) is 0 Å². The first-order chi connectivity index (χ1) is 10.0. The lowest BCUT2D eigenvalue weighted by Crippen LogP contribution is -2.33. The summed E-state index contributed by atoms with van der Waals surface area (Å²) in [5.74, 6) is 0. The number of aliphatic hydroxyl groups excluding tert-OH is 2. The van der Waals surface area contributed by atoms with E-state index in [1.165, 1.54) is 0 Å². The topological polar surface area (TPSA) is 105 Å². The van der Waals surface area contributed by atoms with E-state index >= 15 is 0 Å². The standard InChI is InChI=1S/C12H23NO6S2/c14-9-1-5-11(6-2-9)18-21(17)13-19-20(16)12-7-3-10(15)4-8-12/h9-15H,1-8H2. The zero-order valence-electron chi connectivity index (χ0n) is 11.8. The van der Waals surface area contributed by atoms with Gasteiger partial charge in [-0.2, -0.15) is 4.28 Å². The number of hydrogen-bond donors (Lipinski definition) is 3. The van der Waals surface area contributed by atoms with E-state index in [2.05, 4.69) is 4.89 Å². The van der Waals surface area contributed by atoms with Gasteiger partial charge in [0.05, 0.1) is 23.6 Å². The molecule has 2 rings (SSSR count). The lowest BCUT2D eigenvalue weighted by atomic mass is 9.95. The zero-order chi connectivity index (χ0) is 15.2. The van der Waals surface area contributed by atoms with Gasteiger partial charge in [-0.1, -0.05) is 4.89 Å². The molecule has 21 heavy (non-hydrogen) atoms. The van der Waals surface area contributed by atoms with Crippen molar-refractivity contribution in [2.75, 3.05) is 0 Å². The molecule has 2 atom stereocenters. The molecular formula is C12H23NO6S2. The fourth-order valence-corrected chi connectivity index (χ4v) is 4.41. The third-order valence-corrected chi connectivity index (χ3v) is 6.00. The maximum absolute atomic E-state index is 11.9. The summed E-state index contributed by atoms with van der Waals surface area (Å²) in [4.78, 5) is 2.17. The molecule has 2 aliphatic rings. The molecule has 2 saturated carbocycles. The van der Waals surface area contributed by atoms with Crippen molar-refractivity contribution < 1.29 is 27.1 Å². The molecule has 9 heteroatoms. The molecule has 0 aromatic rings. The quantitative estimate of drug-likeness (QED) is 0.603. The van der Waals surface area contributed by atoms with Crippen LogP contribution in [0.4, 0.5) is 0 Å². The molecule has 2 aliphatic carbocycles. The summed E-state index contributed by atoms with van der Waals surface area (Å²) in [7, 11) is 0.